The molecule has 9 heteroatoms. The van der Waals surface area contributed by atoms with Crippen molar-refractivity contribution in [3.63, 3.8) is 0 Å². The van der Waals surface area contributed by atoms with E-state index in [-0.39, 0.29) is 22.7 Å². The molecule has 1 aromatic rings. The number of benzene rings is 1. The number of nitrogens with zero attached hydrogens (tertiary/aromatic N) is 1. The number of aliphatic hydroxyl groups excluding tert-OH is 1. The van der Waals surface area contributed by atoms with Crippen LogP contribution < -0.4 is 5.32 Å². The summed E-state index contributed by atoms with van der Waals surface area (Å²) in [6.45, 7) is -0.411. The first-order valence-corrected chi connectivity index (χ1v) is 5.83. The van der Waals surface area contributed by atoms with E-state index >= 15 is 0 Å². The molecule has 0 fully saturated rings. The molecule has 0 aromatic heterocycles. The maximum atomic E-state index is 11.8. The van der Waals surface area contributed by atoms with Crippen molar-refractivity contribution in [1.29, 1.82) is 0 Å². The van der Waals surface area contributed by atoms with Gasteiger partial charge in [-0.25, -0.2) is 4.79 Å². The standard InChI is InChI=1S/C11H11ClN2O6/c12-8-5-6(14(19)20)1-2-7(8)10(16)13-9(3-4-15)11(17)18/h1-2,5,9,15H,3-4H2,(H,13,16)(H,17,18)/t9-/m1/s1. The normalized spacial score (nSPS) is 11.7. The fraction of sp³-hybridized carbons (Fsp3) is 0.273. The SMILES string of the molecule is O=C(N[C@H](CCO)C(=O)O)c1ccc([N+](=O)[O-])cc1Cl. The smallest absolute Gasteiger partial charge is 0.326 e. The van der Waals surface area contributed by atoms with Crippen molar-refractivity contribution in [3.05, 3.63) is 38.9 Å². The van der Waals surface area contributed by atoms with Crippen LogP contribution in [0, 0.1) is 10.1 Å². The Balaban J connectivity index is 2.92. The number of carbonyl (C=O) groups is 2. The summed E-state index contributed by atoms with van der Waals surface area (Å²) < 4.78 is 0. The van der Waals surface area contributed by atoms with Gasteiger partial charge in [0.25, 0.3) is 11.6 Å². The van der Waals surface area contributed by atoms with Gasteiger partial charge in [-0.3, -0.25) is 14.9 Å². The molecule has 0 spiro atoms. The molecule has 8 nitrogen and oxygen atoms in total. The first kappa shape index (κ1) is 15.9. The number of carboxylic acid groups (broad SMARTS) is 1. The highest BCUT2D eigenvalue weighted by Gasteiger charge is 2.22. The van der Waals surface area contributed by atoms with Gasteiger partial charge in [-0.15, -0.1) is 0 Å². The van der Waals surface area contributed by atoms with E-state index in [2.05, 4.69) is 5.32 Å². The maximum Gasteiger partial charge on any atom is 0.326 e. The van der Waals surface area contributed by atoms with E-state index in [0.29, 0.717) is 0 Å². The fourth-order valence-electron chi connectivity index (χ4n) is 1.42. The third kappa shape index (κ3) is 3.90. The zero-order chi connectivity index (χ0) is 15.3. The minimum atomic E-state index is -1.30. The highest BCUT2D eigenvalue weighted by atomic mass is 35.5. The first-order valence-electron chi connectivity index (χ1n) is 5.45. The van der Waals surface area contributed by atoms with E-state index in [9.17, 15) is 19.7 Å². The molecule has 0 aliphatic carbocycles. The highest BCUT2D eigenvalue weighted by molar-refractivity contribution is 6.34. The molecule has 3 N–H and O–H groups in total. The van der Waals surface area contributed by atoms with E-state index < -0.39 is 29.4 Å². The van der Waals surface area contributed by atoms with Crippen LogP contribution in [0.2, 0.25) is 5.02 Å². The number of hydrogen-bond donors (Lipinski definition) is 3. The van der Waals surface area contributed by atoms with Crippen molar-refractivity contribution in [2.24, 2.45) is 0 Å². The van der Waals surface area contributed by atoms with Crippen LogP contribution in [0.25, 0.3) is 0 Å². The molecule has 0 aliphatic rings. The molecular weight excluding hydrogens is 292 g/mol. The first-order chi connectivity index (χ1) is 9.36. The molecule has 0 saturated heterocycles. The average Bonchev–Trinajstić information content (AvgIpc) is 2.37. The third-order valence-corrected chi connectivity index (χ3v) is 2.74. The van der Waals surface area contributed by atoms with Crippen molar-refractivity contribution in [3.8, 4) is 0 Å². The second-order valence-corrected chi connectivity index (χ2v) is 4.21. The lowest BCUT2D eigenvalue weighted by molar-refractivity contribution is -0.384. The monoisotopic (exact) mass is 302 g/mol. The van der Waals surface area contributed by atoms with Crippen molar-refractivity contribution < 1.29 is 24.7 Å². The lowest BCUT2D eigenvalue weighted by atomic mass is 10.1. The molecule has 20 heavy (non-hydrogen) atoms. The third-order valence-electron chi connectivity index (χ3n) is 2.43. The van der Waals surface area contributed by atoms with Gasteiger partial charge in [0.05, 0.1) is 15.5 Å². The largest absolute Gasteiger partial charge is 0.480 e. The fourth-order valence-corrected chi connectivity index (χ4v) is 1.68. The zero-order valence-corrected chi connectivity index (χ0v) is 10.8. The molecule has 1 atom stereocenters. The van der Waals surface area contributed by atoms with Crippen LogP contribution in [0.1, 0.15) is 16.8 Å². The second kappa shape index (κ2) is 6.83. The zero-order valence-electron chi connectivity index (χ0n) is 10.1. The molecule has 0 aliphatic heterocycles. The molecule has 108 valence electrons. The number of halogens is 1. The number of aliphatic carboxylic acids is 1. The number of rotatable bonds is 6. The van der Waals surface area contributed by atoms with E-state index in [0.717, 1.165) is 18.2 Å². The highest BCUT2D eigenvalue weighted by Crippen LogP contribution is 2.22. The maximum absolute atomic E-state index is 11.8. The number of nitro benzene ring substituents is 1. The number of nitro groups is 1. The Bertz CT molecular complexity index is 548. The van der Waals surface area contributed by atoms with Crippen molar-refractivity contribution in [2.75, 3.05) is 6.61 Å². The Morgan fingerprint density at radius 1 is 1.45 bits per heavy atom. The Labute approximate surface area is 118 Å². The predicted molar refractivity (Wildman–Crippen MR) is 68.7 cm³/mol. The lowest BCUT2D eigenvalue weighted by Gasteiger charge is -2.13. The summed E-state index contributed by atoms with van der Waals surface area (Å²) in [5.74, 6) is -2.09. The molecule has 0 heterocycles. The topological polar surface area (TPSA) is 130 Å². The number of non-ortho nitro benzene ring substituents is 1. The van der Waals surface area contributed by atoms with E-state index in [1.54, 1.807) is 0 Å². The van der Waals surface area contributed by atoms with Crippen LogP contribution >= 0.6 is 11.6 Å². The van der Waals surface area contributed by atoms with Crippen LogP contribution in [0.3, 0.4) is 0 Å². The van der Waals surface area contributed by atoms with Gasteiger partial charge in [0.15, 0.2) is 0 Å². The predicted octanol–water partition coefficient (Wildman–Crippen LogP) is 0.814. The van der Waals surface area contributed by atoms with Gasteiger partial charge in [-0.2, -0.15) is 0 Å². The quantitative estimate of drug-likeness (QED) is 0.526. The van der Waals surface area contributed by atoms with Crippen molar-refractivity contribution in [1.82, 2.24) is 5.32 Å². The molecule has 1 amide bonds. The van der Waals surface area contributed by atoms with Crippen LogP contribution in [0.4, 0.5) is 5.69 Å². The van der Waals surface area contributed by atoms with E-state index in [1.807, 2.05) is 0 Å². The summed E-state index contributed by atoms with van der Waals surface area (Å²) >= 11 is 5.75. The summed E-state index contributed by atoms with van der Waals surface area (Å²) in [5, 5.41) is 30.1. The molecule has 1 rings (SSSR count). The van der Waals surface area contributed by atoms with Gasteiger partial charge in [0, 0.05) is 25.2 Å². The molecule has 0 saturated carbocycles. The van der Waals surface area contributed by atoms with Gasteiger partial charge >= 0.3 is 5.97 Å². The summed E-state index contributed by atoms with van der Waals surface area (Å²) in [6.07, 6.45) is -0.161. The van der Waals surface area contributed by atoms with Crippen LogP contribution in [0.15, 0.2) is 18.2 Å². The Hall–Kier alpha value is -2.19. The number of carboxylic acids is 1. The summed E-state index contributed by atoms with van der Waals surface area (Å²) in [6, 6.07) is 1.95. The van der Waals surface area contributed by atoms with Gasteiger partial charge < -0.3 is 15.5 Å². The van der Waals surface area contributed by atoms with Crippen molar-refractivity contribution >= 4 is 29.2 Å². The Kier molecular flexibility index (Phi) is 5.42. The second-order valence-electron chi connectivity index (χ2n) is 3.80. The molecule has 0 unspecified atom stereocenters. The summed E-state index contributed by atoms with van der Waals surface area (Å²) in [4.78, 5) is 32.5. The van der Waals surface area contributed by atoms with E-state index in [4.69, 9.17) is 21.8 Å². The molecule has 0 bridgehead atoms. The van der Waals surface area contributed by atoms with Crippen LogP contribution in [0.5, 0.6) is 0 Å². The lowest BCUT2D eigenvalue weighted by Crippen LogP contribution is -2.41. The van der Waals surface area contributed by atoms with Crippen LogP contribution in [-0.4, -0.2) is 39.7 Å². The van der Waals surface area contributed by atoms with Crippen molar-refractivity contribution in [2.45, 2.75) is 12.5 Å². The number of nitrogens with one attached hydrogen (secondary N) is 1. The molecule has 0 radical (unpaired) electrons. The number of hydrogen-bond acceptors (Lipinski definition) is 5. The van der Waals surface area contributed by atoms with E-state index in [1.165, 1.54) is 0 Å². The van der Waals surface area contributed by atoms with Gasteiger partial charge in [-0.1, -0.05) is 11.6 Å². The Morgan fingerprint density at radius 2 is 2.10 bits per heavy atom. The van der Waals surface area contributed by atoms with Crippen LogP contribution in [-0.2, 0) is 4.79 Å². The number of carbonyl (C=O) groups excluding carboxylic acids is 1. The molecule has 1 aromatic carbocycles. The average molecular weight is 303 g/mol. The Morgan fingerprint density at radius 3 is 2.55 bits per heavy atom. The summed E-state index contributed by atoms with van der Waals surface area (Å²) in [7, 11) is 0. The molecular formula is C11H11ClN2O6. The number of aliphatic hydroxyl groups is 1. The minimum Gasteiger partial charge on any atom is -0.480 e. The van der Waals surface area contributed by atoms with Gasteiger partial charge in [0.1, 0.15) is 6.04 Å². The van der Waals surface area contributed by atoms with Gasteiger partial charge in [-0.05, 0) is 6.07 Å². The minimum absolute atomic E-state index is 0.0820. The number of amides is 1. The summed E-state index contributed by atoms with van der Waals surface area (Å²) in [5.41, 5.74) is -0.363. The van der Waals surface area contributed by atoms with Gasteiger partial charge in [0.2, 0.25) is 0 Å².